The van der Waals surface area contributed by atoms with E-state index in [1.54, 1.807) is 7.05 Å². The van der Waals surface area contributed by atoms with Crippen LogP contribution in [0.25, 0.3) is 0 Å². The van der Waals surface area contributed by atoms with E-state index in [0.717, 1.165) is 0 Å². The highest BCUT2D eigenvalue weighted by Gasteiger charge is 1.22. The van der Waals surface area contributed by atoms with Gasteiger partial charge in [-0.3, -0.25) is 11.3 Å². The molecule has 0 unspecified atom stereocenters. The number of nitrogens with one attached hydrogen (secondary N) is 1. The van der Waals surface area contributed by atoms with Gasteiger partial charge in [0, 0.05) is 0 Å². The van der Waals surface area contributed by atoms with Crippen LogP contribution in [0, 0.1) is 0 Å². The molecule has 0 fully saturated rings. The summed E-state index contributed by atoms with van der Waals surface area (Å²) in [5.74, 6) is 4.60. The minimum Gasteiger partial charge on any atom is -0.344 e. The van der Waals surface area contributed by atoms with Crippen LogP contribution >= 0.6 is 0 Å². The largest absolute Gasteiger partial charge is 0.344 e. The Morgan fingerprint density at radius 3 is 0.500 bits per heavy atom. The molecule has 0 saturated carbocycles. The van der Waals surface area contributed by atoms with Crippen LogP contribution in [0.4, 0.5) is 0 Å². The number of rotatable bonds is 0. The van der Waals surface area contributed by atoms with E-state index in [0.29, 0.717) is 0 Å². The molecule has 13 heteroatoms. The summed E-state index contributed by atoms with van der Waals surface area (Å²) < 4.78 is 0. The molecule has 0 aromatic carbocycles. The second-order valence-corrected chi connectivity index (χ2v) is 0.289. The van der Waals surface area contributed by atoms with Crippen LogP contribution in [0.2, 0.25) is 0 Å². The van der Waals surface area contributed by atoms with Gasteiger partial charge >= 0.3 is 0 Å². The molecule has 0 aromatic rings. The summed E-state index contributed by atoms with van der Waals surface area (Å²) >= 11 is 0. The number of hydrazine groups is 1. The lowest BCUT2D eigenvalue weighted by atomic mass is 11.5. The molecule has 0 atom stereocenters. The summed E-state index contributed by atoms with van der Waals surface area (Å²) in [5, 5.41) is 0. The van der Waals surface area contributed by atoms with Gasteiger partial charge in [-0.25, -0.2) is 0 Å². The first-order chi connectivity index (χ1) is 1.41. The Labute approximate surface area is 87.1 Å². The smallest absolute Gasteiger partial charge is 0.00172 e. The highest BCUT2D eigenvalue weighted by Crippen LogP contribution is 0.817. The fourth-order valence-corrected chi connectivity index (χ4v) is 0. The summed E-state index contributed by atoms with van der Waals surface area (Å²) in [4.78, 5) is 0. The first-order valence-corrected chi connectivity index (χ1v) is 0.789. The molecule has 0 heterocycles. The second-order valence-electron chi connectivity index (χ2n) is 0.289. The van der Waals surface area contributed by atoms with Crippen molar-refractivity contribution < 1.29 is 0 Å². The Morgan fingerprint density at radius 1 is 0.500 bits per heavy atom. The Kier molecular flexibility index (Phi) is 489000. The predicted molar refractivity (Wildman–Crippen MR) is 68.5 cm³/mol. The van der Waals surface area contributed by atoms with Crippen LogP contribution < -0.4 is 78.9 Å². The Bertz CT molecular complexity index is 5.20. The van der Waals surface area contributed by atoms with Crippen LogP contribution in [-0.2, 0) is 0 Å². The molecule has 0 bridgehead atoms. The quantitative estimate of drug-likeness (QED) is 0.204. The molecule has 0 rings (SSSR count). The Morgan fingerprint density at radius 2 is 0.500 bits per heavy atom. The highest BCUT2D eigenvalue weighted by atomic mass is 15.2. The second kappa shape index (κ2) is 7140. The zero-order valence-corrected chi connectivity index (χ0v) is 9.86. The number of hydrogen-bond acceptors (Lipinski definition) is 13. The van der Waals surface area contributed by atoms with E-state index >= 15 is 0 Å². The molecular weight excluding hydrogens is 194 g/mol. The first kappa shape index (κ1) is 959. The molecule has 36 N–H and O–H groups in total. The molecule has 0 aromatic heterocycles. The minimum atomic E-state index is 0. The van der Waals surface area contributed by atoms with E-state index in [-0.39, 0.29) is 67.7 Å². The topological polar surface area (TPSA) is 423 Å². The van der Waals surface area contributed by atoms with E-state index in [2.05, 4.69) is 11.3 Å². The van der Waals surface area contributed by atoms with Gasteiger partial charge in [0.1, 0.15) is 0 Å². The molecule has 108 valence electrons. The van der Waals surface area contributed by atoms with Crippen molar-refractivity contribution in [3.8, 4) is 0 Å². The maximum absolute atomic E-state index is 4.60. The standard InChI is InChI=1S/CH6N2.11H3N/c1-3-2;;;;;;;;;;;/h3H,2H2,1H3;11*1H3. The van der Waals surface area contributed by atoms with Crippen molar-refractivity contribution in [3.63, 3.8) is 0 Å². The molecule has 0 aliphatic carbocycles. The SMILES string of the molecule is CNN.N.N.N.N.N.N.N.N.N.N.N. The molecular formula is CH39N13. The number of nitrogens with two attached hydrogens (primary N) is 1. The lowest BCUT2D eigenvalue weighted by molar-refractivity contribution is 0.900. The Balaban J connectivity index is -0.000000000364. The van der Waals surface area contributed by atoms with Crippen molar-refractivity contribution in [2.24, 2.45) is 5.84 Å². The summed E-state index contributed by atoms with van der Waals surface area (Å²) in [6, 6.07) is 0. The summed E-state index contributed by atoms with van der Waals surface area (Å²) in [7, 11) is 1.65. The van der Waals surface area contributed by atoms with E-state index in [9.17, 15) is 0 Å². The third kappa shape index (κ3) is 4660. The first-order valence-electron chi connectivity index (χ1n) is 0.789. The van der Waals surface area contributed by atoms with Crippen molar-refractivity contribution in [2.45, 2.75) is 0 Å². The van der Waals surface area contributed by atoms with Crippen LogP contribution in [0.5, 0.6) is 0 Å². The lowest BCUT2D eigenvalue weighted by Gasteiger charge is -1.62. The summed E-state index contributed by atoms with van der Waals surface area (Å²) in [6.45, 7) is 0. The third-order valence-corrected chi connectivity index (χ3v) is 0. The van der Waals surface area contributed by atoms with Crippen LogP contribution in [0.3, 0.4) is 0 Å². The van der Waals surface area contributed by atoms with Gasteiger partial charge in [-0.1, -0.05) is 0 Å². The molecule has 13 nitrogen and oxygen atoms in total. The van der Waals surface area contributed by atoms with E-state index in [1.807, 2.05) is 0 Å². The fraction of sp³-hybridized carbons (Fsp3) is 1.00. The fourth-order valence-electron chi connectivity index (χ4n) is 0. The van der Waals surface area contributed by atoms with E-state index < -0.39 is 0 Å². The normalized spacial score (nSPS) is 1.29. The van der Waals surface area contributed by atoms with E-state index in [1.165, 1.54) is 0 Å². The van der Waals surface area contributed by atoms with Crippen LogP contribution in [-0.4, -0.2) is 7.05 Å². The minimum absolute atomic E-state index is 0. The average Bonchev–Trinajstić information content (AvgIpc) is 0.918. The van der Waals surface area contributed by atoms with E-state index in [4.69, 9.17) is 0 Å². The monoisotopic (exact) mass is 233 g/mol. The van der Waals surface area contributed by atoms with Gasteiger partial charge in [-0.15, -0.1) is 0 Å². The molecule has 0 aliphatic heterocycles. The molecule has 0 amide bonds. The van der Waals surface area contributed by atoms with Crippen molar-refractivity contribution in [2.75, 3.05) is 7.05 Å². The van der Waals surface area contributed by atoms with Gasteiger partial charge < -0.3 is 67.7 Å². The molecule has 0 saturated heterocycles. The van der Waals surface area contributed by atoms with Crippen molar-refractivity contribution in [1.29, 1.82) is 0 Å². The van der Waals surface area contributed by atoms with Crippen LogP contribution in [0.15, 0.2) is 0 Å². The van der Waals surface area contributed by atoms with Gasteiger partial charge in [0.25, 0.3) is 0 Å². The molecule has 0 aliphatic rings. The third-order valence-electron chi connectivity index (χ3n) is 0. The zero-order chi connectivity index (χ0) is 2.71. The average molecular weight is 233 g/mol. The van der Waals surface area contributed by atoms with Crippen molar-refractivity contribution in [3.05, 3.63) is 0 Å². The summed E-state index contributed by atoms with van der Waals surface area (Å²) in [5.41, 5.74) is 2.25. The van der Waals surface area contributed by atoms with Gasteiger partial charge in [0.2, 0.25) is 0 Å². The summed E-state index contributed by atoms with van der Waals surface area (Å²) in [6.07, 6.45) is 0. The maximum Gasteiger partial charge on any atom is -0.00172 e. The van der Waals surface area contributed by atoms with Crippen LogP contribution in [0.1, 0.15) is 0 Å². The highest BCUT2D eigenvalue weighted by molar-refractivity contribution is 3.79. The van der Waals surface area contributed by atoms with Gasteiger partial charge in [0.05, 0.1) is 0 Å². The van der Waals surface area contributed by atoms with Gasteiger partial charge in [0.15, 0.2) is 0 Å². The van der Waals surface area contributed by atoms with Crippen molar-refractivity contribution in [1.82, 2.24) is 73.1 Å². The van der Waals surface area contributed by atoms with Gasteiger partial charge in [-0.2, -0.15) is 0 Å². The lowest BCUT2D eigenvalue weighted by Crippen LogP contribution is -2.13. The van der Waals surface area contributed by atoms with Crippen molar-refractivity contribution >= 4 is 0 Å². The van der Waals surface area contributed by atoms with Gasteiger partial charge in [-0.05, 0) is 7.05 Å². The number of hydrogen-bond donors (Lipinski definition) is 13. The molecule has 0 radical (unpaired) electrons. The molecule has 14 heavy (non-hydrogen) atoms. The Hall–Kier alpha value is -0.520. The maximum atomic E-state index is 4.60. The predicted octanol–water partition coefficient (Wildman–Crippen LogP) is 0.861. The zero-order valence-electron chi connectivity index (χ0n) is 9.86. The molecule has 0 spiro atoms.